The molecule has 0 radical (unpaired) electrons. The van der Waals surface area contributed by atoms with Crippen LogP contribution in [-0.4, -0.2) is 63.2 Å². The van der Waals surface area contributed by atoms with E-state index in [2.05, 4.69) is 43.1 Å². The second-order valence-corrected chi connectivity index (χ2v) is 3.54. The molecule has 0 amide bonds. The topological polar surface area (TPSA) is 18.5 Å². The molecule has 0 bridgehead atoms. The maximum absolute atomic E-state index is 3.43. The highest BCUT2D eigenvalue weighted by Crippen LogP contribution is 1.79. The molecule has 0 aromatic heterocycles. The first kappa shape index (κ1) is 12.9. The van der Waals surface area contributed by atoms with Crippen LogP contribution in [0.2, 0.25) is 0 Å². The standard InChI is InChI=1S/C10H25N3/c1-5-12(3)9-7-11-8-10-13(4)6-2/h11H,5-10H2,1-4H3. The van der Waals surface area contributed by atoms with Crippen molar-refractivity contribution in [3.8, 4) is 0 Å². The summed E-state index contributed by atoms with van der Waals surface area (Å²) >= 11 is 0. The molecule has 0 aromatic carbocycles. The molecule has 0 spiro atoms. The second-order valence-electron chi connectivity index (χ2n) is 3.54. The van der Waals surface area contributed by atoms with E-state index in [1.807, 2.05) is 0 Å². The molecular weight excluding hydrogens is 162 g/mol. The van der Waals surface area contributed by atoms with E-state index < -0.39 is 0 Å². The average Bonchev–Trinajstić information content (AvgIpc) is 2.16. The van der Waals surface area contributed by atoms with E-state index in [-0.39, 0.29) is 0 Å². The van der Waals surface area contributed by atoms with Crippen molar-refractivity contribution in [3.05, 3.63) is 0 Å². The van der Waals surface area contributed by atoms with Gasteiger partial charge in [-0.25, -0.2) is 0 Å². The Balaban J connectivity index is 3.08. The van der Waals surface area contributed by atoms with Crippen LogP contribution in [0.3, 0.4) is 0 Å². The maximum atomic E-state index is 3.43. The quantitative estimate of drug-likeness (QED) is 0.558. The van der Waals surface area contributed by atoms with Crippen molar-refractivity contribution in [3.63, 3.8) is 0 Å². The molecule has 0 atom stereocenters. The molecule has 1 N–H and O–H groups in total. The summed E-state index contributed by atoms with van der Waals surface area (Å²) in [7, 11) is 4.31. The Morgan fingerprint density at radius 2 is 1.23 bits per heavy atom. The Morgan fingerprint density at radius 1 is 0.846 bits per heavy atom. The van der Waals surface area contributed by atoms with Crippen LogP contribution < -0.4 is 5.32 Å². The van der Waals surface area contributed by atoms with Crippen molar-refractivity contribution in [2.75, 3.05) is 53.4 Å². The molecule has 0 aliphatic carbocycles. The Hall–Kier alpha value is -0.120. The Labute approximate surface area is 83.1 Å². The fourth-order valence-corrected chi connectivity index (χ4v) is 0.981. The lowest BCUT2D eigenvalue weighted by Crippen LogP contribution is -2.34. The van der Waals surface area contributed by atoms with E-state index in [1.165, 1.54) is 0 Å². The van der Waals surface area contributed by atoms with Crippen LogP contribution in [0.15, 0.2) is 0 Å². The minimum Gasteiger partial charge on any atom is -0.314 e. The molecule has 3 nitrogen and oxygen atoms in total. The van der Waals surface area contributed by atoms with Crippen molar-refractivity contribution < 1.29 is 0 Å². The summed E-state index contributed by atoms with van der Waals surface area (Å²) in [5.74, 6) is 0. The first-order valence-corrected chi connectivity index (χ1v) is 5.28. The van der Waals surface area contributed by atoms with Crippen LogP contribution in [0.25, 0.3) is 0 Å². The van der Waals surface area contributed by atoms with Gasteiger partial charge in [-0.2, -0.15) is 0 Å². The van der Waals surface area contributed by atoms with Crippen molar-refractivity contribution >= 4 is 0 Å². The minimum atomic E-state index is 1.10. The number of hydrogen-bond donors (Lipinski definition) is 1. The van der Waals surface area contributed by atoms with Crippen LogP contribution >= 0.6 is 0 Å². The van der Waals surface area contributed by atoms with Gasteiger partial charge in [0.05, 0.1) is 0 Å². The Bertz CT molecular complexity index is 94.3. The molecule has 0 unspecified atom stereocenters. The lowest BCUT2D eigenvalue weighted by Gasteiger charge is -2.16. The zero-order valence-corrected chi connectivity index (χ0v) is 9.64. The molecule has 0 saturated carbocycles. The molecule has 0 aromatic rings. The number of nitrogens with one attached hydrogen (secondary N) is 1. The average molecular weight is 187 g/mol. The fourth-order valence-electron chi connectivity index (χ4n) is 0.981. The van der Waals surface area contributed by atoms with E-state index >= 15 is 0 Å². The van der Waals surface area contributed by atoms with Gasteiger partial charge in [-0.1, -0.05) is 13.8 Å². The predicted molar refractivity (Wildman–Crippen MR) is 59.2 cm³/mol. The van der Waals surface area contributed by atoms with Crippen LogP contribution in [0, 0.1) is 0 Å². The van der Waals surface area contributed by atoms with E-state index in [4.69, 9.17) is 0 Å². The Morgan fingerprint density at radius 3 is 1.54 bits per heavy atom. The van der Waals surface area contributed by atoms with Crippen LogP contribution in [-0.2, 0) is 0 Å². The van der Waals surface area contributed by atoms with Gasteiger partial charge in [-0.15, -0.1) is 0 Å². The molecule has 0 fully saturated rings. The minimum absolute atomic E-state index is 1.10. The molecule has 80 valence electrons. The second kappa shape index (κ2) is 8.48. The monoisotopic (exact) mass is 187 g/mol. The van der Waals surface area contributed by atoms with Gasteiger partial charge in [0.2, 0.25) is 0 Å². The van der Waals surface area contributed by atoms with Gasteiger partial charge >= 0.3 is 0 Å². The summed E-state index contributed by atoms with van der Waals surface area (Å²) in [5, 5.41) is 3.43. The first-order valence-electron chi connectivity index (χ1n) is 5.28. The van der Waals surface area contributed by atoms with Crippen molar-refractivity contribution in [2.45, 2.75) is 13.8 Å². The molecule has 13 heavy (non-hydrogen) atoms. The van der Waals surface area contributed by atoms with Crippen molar-refractivity contribution in [2.24, 2.45) is 0 Å². The number of likely N-dealkylation sites (N-methyl/N-ethyl adjacent to an activating group) is 2. The summed E-state index contributed by atoms with van der Waals surface area (Å²) in [6, 6.07) is 0. The SMILES string of the molecule is CCN(C)CCNCCN(C)CC. The van der Waals surface area contributed by atoms with Gasteiger partial charge in [0.15, 0.2) is 0 Å². The molecule has 3 heteroatoms. The molecule has 0 aliphatic rings. The molecule has 0 heterocycles. The lowest BCUT2D eigenvalue weighted by atomic mass is 10.5. The Kier molecular flexibility index (Phi) is 8.40. The molecule has 0 rings (SSSR count). The van der Waals surface area contributed by atoms with E-state index in [0.717, 1.165) is 39.3 Å². The number of rotatable bonds is 8. The predicted octanol–water partition coefficient (Wildman–Crippen LogP) is 0.479. The first-order chi connectivity index (χ1) is 6.20. The van der Waals surface area contributed by atoms with Gasteiger partial charge < -0.3 is 15.1 Å². The third-order valence-electron chi connectivity index (χ3n) is 2.42. The van der Waals surface area contributed by atoms with Gasteiger partial charge in [-0.3, -0.25) is 0 Å². The fraction of sp³-hybridized carbons (Fsp3) is 1.00. The van der Waals surface area contributed by atoms with Crippen LogP contribution in [0.1, 0.15) is 13.8 Å². The summed E-state index contributed by atoms with van der Waals surface area (Å²) in [5.41, 5.74) is 0. The van der Waals surface area contributed by atoms with E-state index in [9.17, 15) is 0 Å². The third-order valence-corrected chi connectivity index (χ3v) is 2.42. The smallest absolute Gasteiger partial charge is 0.0104 e. The van der Waals surface area contributed by atoms with Crippen LogP contribution in [0.5, 0.6) is 0 Å². The lowest BCUT2D eigenvalue weighted by molar-refractivity contribution is 0.326. The highest BCUT2D eigenvalue weighted by atomic mass is 15.1. The number of hydrogen-bond acceptors (Lipinski definition) is 3. The number of nitrogens with zero attached hydrogens (tertiary/aromatic N) is 2. The van der Waals surface area contributed by atoms with Gasteiger partial charge in [0.25, 0.3) is 0 Å². The van der Waals surface area contributed by atoms with Gasteiger partial charge in [0, 0.05) is 26.2 Å². The zero-order valence-electron chi connectivity index (χ0n) is 9.64. The van der Waals surface area contributed by atoms with E-state index in [1.54, 1.807) is 0 Å². The highest BCUT2D eigenvalue weighted by molar-refractivity contribution is 4.55. The summed E-state index contributed by atoms with van der Waals surface area (Å²) in [6.07, 6.45) is 0. The molecule has 0 saturated heterocycles. The third kappa shape index (κ3) is 8.22. The van der Waals surface area contributed by atoms with E-state index in [0.29, 0.717) is 0 Å². The summed E-state index contributed by atoms with van der Waals surface area (Å²) in [6.45, 7) is 11.1. The summed E-state index contributed by atoms with van der Waals surface area (Å²) < 4.78 is 0. The molecular formula is C10H25N3. The molecule has 0 aliphatic heterocycles. The van der Waals surface area contributed by atoms with Gasteiger partial charge in [-0.05, 0) is 27.2 Å². The van der Waals surface area contributed by atoms with Crippen molar-refractivity contribution in [1.82, 2.24) is 15.1 Å². The maximum Gasteiger partial charge on any atom is 0.0104 e. The van der Waals surface area contributed by atoms with Crippen molar-refractivity contribution in [1.29, 1.82) is 0 Å². The largest absolute Gasteiger partial charge is 0.314 e. The van der Waals surface area contributed by atoms with Gasteiger partial charge in [0.1, 0.15) is 0 Å². The van der Waals surface area contributed by atoms with Crippen LogP contribution in [0.4, 0.5) is 0 Å². The zero-order chi connectivity index (χ0) is 10.1. The normalized spacial score (nSPS) is 11.5. The highest BCUT2D eigenvalue weighted by Gasteiger charge is 1.95. The summed E-state index contributed by atoms with van der Waals surface area (Å²) in [4.78, 5) is 4.63.